The summed E-state index contributed by atoms with van der Waals surface area (Å²) in [7, 11) is -2.89. The van der Waals surface area contributed by atoms with Gasteiger partial charge in [0.25, 0.3) is 5.91 Å². The van der Waals surface area contributed by atoms with Crippen LogP contribution in [0, 0.1) is 11.6 Å². The number of ether oxygens (including phenoxy) is 1. The van der Waals surface area contributed by atoms with E-state index in [2.05, 4.69) is 5.32 Å². The fourth-order valence-corrected chi connectivity index (χ4v) is 3.11. The Bertz CT molecular complexity index is 933. The number of anilines is 1. The Morgan fingerprint density at radius 2 is 1.70 bits per heavy atom. The number of hydrogen-bond donors (Lipinski definition) is 1. The van der Waals surface area contributed by atoms with Gasteiger partial charge in [0.05, 0.1) is 10.6 Å². The van der Waals surface area contributed by atoms with Crippen molar-refractivity contribution in [1.29, 1.82) is 0 Å². The van der Waals surface area contributed by atoms with Crippen LogP contribution in [-0.4, -0.2) is 44.8 Å². The smallest absolute Gasteiger partial charge is 0.321 e. The molecule has 0 unspecified atom stereocenters. The third kappa shape index (κ3) is 5.56. The number of rotatable bonds is 7. The normalized spacial score (nSPS) is 11.3. The number of nitrogens with zero attached hydrogens (tertiary/aromatic N) is 1. The van der Waals surface area contributed by atoms with Crippen LogP contribution in [0.25, 0.3) is 0 Å². The van der Waals surface area contributed by atoms with Crippen molar-refractivity contribution in [3.05, 3.63) is 60.2 Å². The fraction of sp³-hybridized carbons (Fsp3) is 0.176. The molecular formula is C17H16F2N2O5S. The molecule has 0 aliphatic heterocycles. The van der Waals surface area contributed by atoms with E-state index in [4.69, 9.17) is 4.74 Å². The van der Waals surface area contributed by atoms with Crippen molar-refractivity contribution < 1.29 is 31.5 Å². The summed E-state index contributed by atoms with van der Waals surface area (Å²) in [5, 5.41) is 2.22. The molecule has 0 atom stereocenters. The summed E-state index contributed by atoms with van der Waals surface area (Å²) in [4.78, 5) is 23.3. The van der Waals surface area contributed by atoms with E-state index in [0.29, 0.717) is 4.31 Å². The van der Waals surface area contributed by atoms with Gasteiger partial charge in [-0.15, -0.1) is 0 Å². The molecule has 0 spiro atoms. The molecule has 1 amide bonds. The highest BCUT2D eigenvalue weighted by molar-refractivity contribution is 7.89. The van der Waals surface area contributed by atoms with Crippen LogP contribution in [0.2, 0.25) is 0 Å². The summed E-state index contributed by atoms with van der Waals surface area (Å²) in [5.41, 5.74) is -0.0745. The number of halogens is 2. The predicted molar refractivity (Wildman–Crippen MR) is 92.2 cm³/mol. The Balaban J connectivity index is 1.88. The van der Waals surface area contributed by atoms with E-state index in [1.807, 2.05) is 0 Å². The minimum atomic E-state index is -4.03. The lowest BCUT2D eigenvalue weighted by Crippen LogP contribution is -2.34. The molecule has 2 rings (SSSR count). The first-order valence-electron chi connectivity index (χ1n) is 7.62. The van der Waals surface area contributed by atoms with Crippen molar-refractivity contribution >= 4 is 27.6 Å². The first-order valence-corrected chi connectivity index (χ1v) is 9.06. The lowest BCUT2D eigenvalue weighted by atomic mass is 10.3. The van der Waals surface area contributed by atoms with Crippen molar-refractivity contribution in [2.24, 2.45) is 0 Å². The molecule has 0 aliphatic carbocycles. The molecule has 0 saturated heterocycles. The van der Waals surface area contributed by atoms with E-state index in [0.717, 1.165) is 37.4 Å². The Morgan fingerprint density at radius 3 is 2.33 bits per heavy atom. The van der Waals surface area contributed by atoms with Crippen molar-refractivity contribution in [2.45, 2.75) is 4.90 Å². The van der Waals surface area contributed by atoms with Crippen LogP contribution in [0.15, 0.2) is 53.4 Å². The maximum Gasteiger partial charge on any atom is 0.321 e. The van der Waals surface area contributed by atoms with Crippen molar-refractivity contribution in [1.82, 2.24) is 4.31 Å². The Labute approximate surface area is 154 Å². The maximum atomic E-state index is 13.4. The van der Waals surface area contributed by atoms with E-state index >= 15 is 0 Å². The van der Waals surface area contributed by atoms with Crippen LogP contribution in [0.4, 0.5) is 14.5 Å². The number of likely N-dealkylation sites (N-methyl/N-ethyl adjacent to an activating group) is 1. The number of benzene rings is 2. The molecule has 27 heavy (non-hydrogen) atoms. The van der Waals surface area contributed by atoms with Crippen LogP contribution in [0.1, 0.15) is 0 Å². The highest BCUT2D eigenvalue weighted by atomic mass is 32.2. The molecular weight excluding hydrogens is 382 g/mol. The fourth-order valence-electron chi connectivity index (χ4n) is 1.99. The van der Waals surface area contributed by atoms with Crippen LogP contribution in [0.5, 0.6) is 0 Å². The second kappa shape index (κ2) is 8.69. The first-order chi connectivity index (χ1) is 12.7. The number of esters is 1. The summed E-state index contributed by atoms with van der Waals surface area (Å²) in [6.45, 7) is -1.37. The van der Waals surface area contributed by atoms with Crippen molar-refractivity contribution in [3.8, 4) is 0 Å². The zero-order valence-electron chi connectivity index (χ0n) is 14.2. The van der Waals surface area contributed by atoms with Gasteiger partial charge in [-0.1, -0.05) is 12.1 Å². The first kappa shape index (κ1) is 20.5. The summed E-state index contributed by atoms with van der Waals surface area (Å²) in [6, 6.07) is 9.53. The van der Waals surface area contributed by atoms with E-state index < -0.39 is 46.7 Å². The van der Waals surface area contributed by atoms with Crippen LogP contribution in [0.3, 0.4) is 0 Å². The Kier molecular flexibility index (Phi) is 6.59. The van der Waals surface area contributed by atoms with E-state index in [1.165, 1.54) is 18.2 Å². The topological polar surface area (TPSA) is 92.8 Å². The summed E-state index contributed by atoms with van der Waals surface area (Å²) in [6.07, 6.45) is 0. The number of amides is 1. The molecule has 0 radical (unpaired) electrons. The van der Waals surface area contributed by atoms with E-state index in [-0.39, 0.29) is 10.6 Å². The van der Waals surface area contributed by atoms with E-state index in [1.54, 1.807) is 0 Å². The van der Waals surface area contributed by atoms with E-state index in [9.17, 15) is 26.8 Å². The third-order valence-corrected chi connectivity index (χ3v) is 5.20. The van der Waals surface area contributed by atoms with Crippen molar-refractivity contribution in [2.75, 3.05) is 25.5 Å². The summed E-state index contributed by atoms with van der Waals surface area (Å²) in [5.74, 6) is -3.01. The second-order valence-electron chi connectivity index (χ2n) is 5.40. The van der Waals surface area contributed by atoms with Gasteiger partial charge in [0.2, 0.25) is 10.0 Å². The van der Waals surface area contributed by atoms with Crippen LogP contribution < -0.4 is 5.32 Å². The highest BCUT2D eigenvalue weighted by Crippen LogP contribution is 2.15. The number of hydrogen-bond acceptors (Lipinski definition) is 5. The van der Waals surface area contributed by atoms with Gasteiger partial charge in [0, 0.05) is 7.05 Å². The number of sulfonamides is 1. The molecule has 1 N–H and O–H groups in total. The van der Waals surface area contributed by atoms with Gasteiger partial charge in [-0.2, -0.15) is 4.31 Å². The molecule has 10 heteroatoms. The lowest BCUT2D eigenvalue weighted by Gasteiger charge is -2.16. The molecule has 144 valence electrons. The van der Waals surface area contributed by atoms with Crippen molar-refractivity contribution in [3.63, 3.8) is 0 Å². The molecule has 0 aliphatic rings. The van der Waals surface area contributed by atoms with Gasteiger partial charge >= 0.3 is 5.97 Å². The maximum absolute atomic E-state index is 13.4. The van der Waals surface area contributed by atoms with Gasteiger partial charge in [-0.25, -0.2) is 17.2 Å². The number of para-hydroxylation sites is 1. The molecule has 0 aromatic heterocycles. The second-order valence-corrected chi connectivity index (χ2v) is 7.45. The SMILES string of the molecule is CN(CC(=O)OCC(=O)Nc1ccccc1F)S(=O)(=O)c1ccc(F)cc1. The Morgan fingerprint density at radius 1 is 1.07 bits per heavy atom. The third-order valence-electron chi connectivity index (χ3n) is 3.39. The zero-order chi connectivity index (χ0) is 20.0. The standard InChI is InChI=1S/C17H16F2N2O5S/c1-21(27(24,25)13-8-6-12(18)7-9-13)10-17(23)26-11-16(22)20-15-5-3-2-4-14(15)19/h2-9H,10-11H2,1H3,(H,20,22). The Hall–Kier alpha value is -2.85. The average Bonchev–Trinajstić information content (AvgIpc) is 2.62. The number of carbonyl (C=O) groups is 2. The molecule has 0 fully saturated rings. The highest BCUT2D eigenvalue weighted by Gasteiger charge is 2.24. The largest absolute Gasteiger partial charge is 0.455 e. The quantitative estimate of drug-likeness (QED) is 0.718. The molecule has 7 nitrogen and oxygen atoms in total. The van der Waals surface area contributed by atoms with Gasteiger partial charge in [0.15, 0.2) is 6.61 Å². The zero-order valence-corrected chi connectivity index (χ0v) is 15.0. The van der Waals surface area contributed by atoms with Gasteiger partial charge in [-0.3, -0.25) is 9.59 Å². The van der Waals surface area contributed by atoms with Crippen LogP contribution >= 0.6 is 0 Å². The average molecular weight is 398 g/mol. The minimum absolute atomic E-state index is 0.0745. The minimum Gasteiger partial charge on any atom is -0.455 e. The monoisotopic (exact) mass is 398 g/mol. The predicted octanol–water partition coefficient (Wildman–Crippen LogP) is 1.77. The molecule has 0 bridgehead atoms. The molecule has 0 saturated carbocycles. The summed E-state index contributed by atoms with van der Waals surface area (Å²) >= 11 is 0. The van der Waals surface area contributed by atoms with Gasteiger partial charge < -0.3 is 10.1 Å². The number of nitrogens with one attached hydrogen (secondary N) is 1. The number of carbonyl (C=O) groups excluding carboxylic acids is 2. The molecule has 2 aromatic carbocycles. The lowest BCUT2D eigenvalue weighted by molar-refractivity contribution is -0.147. The van der Waals surface area contributed by atoms with Gasteiger partial charge in [0.1, 0.15) is 18.2 Å². The van der Waals surface area contributed by atoms with Gasteiger partial charge in [-0.05, 0) is 36.4 Å². The molecule has 0 heterocycles. The molecule has 2 aromatic rings. The van der Waals surface area contributed by atoms with Crippen LogP contribution in [-0.2, 0) is 24.3 Å². The summed E-state index contributed by atoms with van der Waals surface area (Å²) < 4.78 is 56.3.